The Balaban J connectivity index is 1.82. The van der Waals surface area contributed by atoms with Gasteiger partial charge in [-0.3, -0.25) is 9.29 Å². The van der Waals surface area contributed by atoms with Crippen molar-refractivity contribution in [3.63, 3.8) is 0 Å². The fraction of sp³-hybridized carbons (Fsp3) is 0.318. The molecule has 12 nitrogen and oxygen atoms in total. The summed E-state index contributed by atoms with van der Waals surface area (Å²) in [5.74, 6) is -1.13. The second-order valence-electron chi connectivity index (χ2n) is 8.05. The predicted octanol–water partition coefficient (Wildman–Crippen LogP) is 3.41. The molecule has 38 heavy (non-hydrogen) atoms. The average molecular weight is 553 g/mol. The van der Waals surface area contributed by atoms with Crippen molar-refractivity contribution in [3.05, 3.63) is 54.5 Å². The predicted molar refractivity (Wildman–Crippen MR) is 129 cm³/mol. The summed E-state index contributed by atoms with van der Waals surface area (Å²) in [4.78, 5) is 7.75. The summed E-state index contributed by atoms with van der Waals surface area (Å²) in [6, 6.07) is 6.11. The van der Waals surface area contributed by atoms with E-state index in [0.29, 0.717) is 4.68 Å². The van der Waals surface area contributed by atoms with Crippen molar-refractivity contribution in [3.8, 4) is 28.7 Å². The van der Waals surface area contributed by atoms with Crippen molar-refractivity contribution >= 4 is 16.0 Å². The average Bonchev–Trinajstić information content (AvgIpc) is 3.55. The molecule has 0 unspecified atom stereocenters. The highest BCUT2D eigenvalue weighted by Crippen LogP contribution is 2.38. The highest BCUT2D eigenvalue weighted by Gasteiger charge is 2.33. The fourth-order valence-corrected chi connectivity index (χ4v) is 4.83. The minimum atomic E-state index is -4.19. The fourth-order valence-electron chi connectivity index (χ4n) is 3.60. The normalized spacial score (nSPS) is 13.4. The van der Waals surface area contributed by atoms with Crippen LogP contribution in [0.4, 0.5) is 19.1 Å². The second kappa shape index (κ2) is 10.6. The molecular weight excluding hydrogens is 529 g/mol. The lowest BCUT2D eigenvalue weighted by atomic mass is 10.1. The number of rotatable bonds is 10. The van der Waals surface area contributed by atoms with Crippen molar-refractivity contribution in [2.24, 2.45) is 0 Å². The standard InChI is InChI=1S/C22H23F3N8O4S/c1-12(19-26-10-14(23)11-27-19)13(2)38(34,35)31-22-29-28-20(15-8-9-32(30-15)21(24)25)33(22)18-16(36-3)6-5-7-17(18)37-4/h5-13,21H,1-4H3,(H,29,31)/t12-,13-/m0/s1. The van der Waals surface area contributed by atoms with Crippen molar-refractivity contribution in [1.29, 1.82) is 0 Å². The van der Waals surface area contributed by atoms with Crippen molar-refractivity contribution in [2.75, 3.05) is 18.9 Å². The Bertz CT molecular complexity index is 1500. The Kier molecular flexibility index (Phi) is 7.52. The van der Waals surface area contributed by atoms with Gasteiger partial charge in [-0.25, -0.2) is 27.5 Å². The maximum absolute atomic E-state index is 13.4. The third kappa shape index (κ3) is 5.11. The van der Waals surface area contributed by atoms with Crippen LogP contribution in [0.2, 0.25) is 0 Å². The molecule has 0 aliphatic carbocycles. The first-order valence-corrected chi connectivity index (χ1v) is 12.6. The van der Waals surface area contributed by atoms with Crippen LogP contribution < -0.4 is 14.2 Å². The number of sulfonamides is 1. The molecule has 2 atom stereocenters. The number of nitrogens with zero attached hydrogens (tertiary/aromatic N) is 7. The van der Waals surface area contributed by atoms with E-state index in [-0.39, 0.29) is 40.5 Å². The molecule has 0 amide bonds. The van der Waals surface area contributed by atoms with Crippen LogP contribution in [0.1, 0.15) is 32.1 Å². The van der Waals surface area contributed by atoms with E-state index in [4.69, 9.17) is 9.47 Å². The summed E-state index contributed by atoms with van der Waals surface area (Å²) in [5, 5.41) is 10.7. The molecule has 0 aliphatic heterocycles. The first-order valence-electron chi connectivity index (χ1n) is 11.1. The summed E-state index contributed by atoms with van der Waals surface area (Å²) in [6.07, 6.45) is 2.94. The molecule has 1 aromatic carbocycles. The van der Waals surface area contributed by atoms with Crippen LogP contribution in [0.15, 0.2) is 42.9 Å². The molecule has 0 saturated heterocycles. The van der Waals surface area contributed by atoms with Gasteiger partial charge in [0.25, 0.3) is 0 Å². The lowest BCUT2D eigenvalue weighted by Crippen LogP contribution is -2.31. The number of halogens is 3. The number of benzene rings is 1. The number of ether oxygens (including phenoxy) is 2. The summed E-state index contributed by atoms with van der Waals surface area (Å²) in [6.45, 7) is 0.0953. The molecule has 0 bridgehead atoms. The first kappa shape index (κ1) is 26.8. The zero-order valence-corrected chi connectivity index (χ0v) is 21.4. The molecule has 0 fully saturated rings. The summed E-state index contributed by atoms with van der Waals surface area (Å²) in [7, 11) is -1.41. The number of para-hydroxylation sites is 1. The van der Waals surface area contributed by atoms with E-state index in [2.05, 4.69) is 30.0 Å². The van der Waals surface area contributed by atoms with Crippen LogP contribution in [-0.2, 0) is 10.0 Å². The van der Waals surface area contributed by atoms with Crippen LogP contribution in [-0.4, -0.2) is 62.4 Å². The summed E-state index contributed by atoms with van der Waals surface area (Å²) < 4.78 is 81.5. The maximum Gasteiger partial charge on any atom is 0.333 e. The number of anilines is 1. The van der Waals surface area contributed by atoms with Gasteiger partial charge in [-0.2, -0.15) is 13.9 Å². The lowest BCUT2D eigenvalue weighted by molar-refractivity contribution is 0.0568. The molecule has 4 aromatic rings. The van der Waals surface area contributed by atoms with E-state index in [1.165, 1.54) is 31.8 Å². The number of alkyl halides is 2. The lowest BCUT2D eigenvalue weighted by Gasteiger charge is -2.21. The molecule has 1 N–H and O–H groups in total. The van der Waals surface area contributed by atoms with Crippen LogP contribution in [0, 0.1) is 5.82 Å². The molecule has 0 saturated carbocycles. The highest BCUT2D eigenvalue weighted by atomic mass is 32.2. The van der Waals surface area contributed by atoms with Gasteiger partial charge < -0.3 is 9.47 Å². The molecule has 3 aromatic heterocycles. The third-order valence-corrected chi connectivity index (χ3v) is 7.65. The number of hydrogen-bond acceptors (Lipinski definition) is 9. The minimum absolute atomic E-state index is 0.0164. The van der Waals surface area contributed by atoms with E-state index in [1.54, 1.807) is 25.1 Å². The smallest absolute Gasteiger partial charge is 0.333 e. The molecule has 4 rings (SSSR count). The van der Waals surface area contributed by atoms with Gasteiger partial charge in [0.2, 0.25) is 16.0 Å². The number of nitrogens with one attached hydrogen (secondary N) is 1. The largest absolute Gasteiger partial charge is 0.494 e. The molecule has 0 spiro atoms. The minimum Gasteiger partial charge on any atom is -0.494 e. The van der Waals surface area contributed by atoms with Crippen molar-refractivity contribution < 1.29 is 31.1 Å². The second-order valence-corrected chi connectivity index (χ2v) is 10.1. The summed E-state index contributed by atoms with van der Waals surface area (Å²) in [5.41, 5.74) is 0.182. The van der Waals surface area contributed by atoms with Gasteiger partial charge in [0, 0.05) is 12.1 Å². The molecular formula is C22H23F3N8O4S. The van der Waals surface area contributed by atoms with Gasteiger partial charge in [-0.1, -0.05) is 13.0 Å². The Hall–Kier alpha value is -4.21. The van der Waals surface area contributed by atoms with Crippen LogP contribution in [0.25, 0.3) is 17.2 Å². The Morgan fingerprint density at radius 3 is 2.18 bits per heavy atom. The topological polar surface area (TPSA) is 139 Å². The quantitative estimate of drug-likeness (QED) is 0.314. The molecule has 0 aliphatic rings. The Labute approximate surface area is 215 Å². The SMILES string of the molecule is COc1cccc(OC)c1-n1c(NS(=O)(=O)[C@@H](C)[C@H](C)c2ncc(F)cn2)nnc1-c1ccn(C(F)F)n1. The molecule has 16 heteroatoms. The van der Waals surface area contributed by atoms with Crippen molar-refractivity contribution in [1.82, 2.24) is 34.5 Å². The third-order valence-electron chi connectivity index (χ3n) is 5.80. The zero-order valence-electron chi connectivity index (χ0n) is 20.6. The van der Waals surface area contributed by atoms with Gasteiger partial charge in [0.1, 0.15) is 28.7 Å². The number of methoxy groups -OCH3 is 2. The van der Waals surface area contributed by atoms with Gasteiger partial charge in [0.05, 0.1) is 31.9 Å². The highest BCUT2D eigenvalue weighted by molar-refractivity contribution is 7.93. The first-order chi connectivity index (χ1) is 18.1. The number of hydrogen-bond donors (Lipinski definition) is 1. The van der Waals surface area contributed by atoms with E-state index in [9.17, 15) is 21.6 Å². The maximum atomic E-state index is 13.4. The van der Waals surface area contributed by atoms with E-state index < -0.39 is 33.6 Å². The van der Waals surface area contributed by atoms with Crippen LogP contribution in [0.5, 0.6) is 11.5 Å². The monoisotopic (exact) mass is 552 g/mol. The van der Waals surface area contributed by atoms with E-state index in [1.807, 2.05) is 0 Å². The van der Waals surface area contributed by atoms with Gasteiger partial charge in [-0.05, 0) is 25.1 Å². The van der Waals surface area contributed by atoms with Crippen molar-refractivity contribution in [2.45, 2.75) is 31.6 Å². The van der Waals surface area contributed by atoms with Crippen LogP contribution in [0.3, 0.4) is 0 Å². The number of aromatic nitrogens is 7. The van der Waals surface area contributed by atoms with E-state index >= 15 is 0 Å². The Morgan fingerprint density at radius 1 is 1.00 bits per heavy atom. The molecule has 0 radical (unpaired) electrons. The molecule has 3 heterocycles. The molecule has 202 valence electrons. The van der Waals surface area contributed by atoms with Crippen LogP contribution >= 0.6 is 0 Å². The van der Waals surface area contributed by atoms with Gasteiger partial charge in [-0.15, -0.1) is 10.2 Å². The van der Waals surface area contributed by atoms with Gasteiger partial charge in [0.15, 0.2) is 11.6 Å². The Morgan fingerprint density at radius 2 is 1.63 bits per heavy atom. The summed E-state index contributed by atoms with van der Waals surface area (Å²) >= 11 is 0. The zero-order chi connectivity index (χ0) is 27.6. The van der Waals surface area contributed by atoms with E-state index in [0.717, 1.165) is 18.6 Å². The van der Waals surface area contributed by atoms with Gasteiger partial charge >= 0.3 is 6.55 Å².